The third-order valence-electron chi connectivity index (χ3n) is 4.30. The summed E-state index contributed by atoms with van der Waals surface area (Å²) in [7, 11) is 0. The molecule has 0 saturated carbocycles. The van der Waals surface area contributed by atoms with Gasteiger partial charge in [-0.1, -0.05) is 6.92 Å². The first kappa shape index (κ1) is 12.2. The molecule has 5 heteroatoms. The maximum atomic E-state index is 6.00. The van der Waals surface area contributed by atoms with Gasteiger partial charge in [-0.15, -0.1) is 0 Å². The molecule has 2 unspecified atom stereocenters. The van der Waals surface area contributed by atoms with Crippen molar-refractivity contribution in [3.63, 3.8) is 0 Å². The van der Waals surface area contributed by atoms with Gasteiger partial charge < -0.3 is 18.3 Å². The Morgan fingerprint density at radius 2 is 1.60 bits per heavy atom. The molecule has 0 N–H and O–H groups in total. The Morgan fingerprint density at radius 1 is 1.05 bits per heavy atom. The molecule has 2 fully saturated rings. The van der Waals surface area contributed by atoms with E-state index >= 15 is 0 Å². The van der Waals surface area contributed by atoms with Gasteiger partial charge in [0.2, 0.25) is 0 Å². The molecule has 0 spiro atoms. The minimum atomic E-state index is -0.220. The number of hydrogen-bond donors (Lipinski definition) is 0. The van der Waals surface area contributed by atoms with Crippen LogP contribution in [0.15, 0.2) is 45.6 Å². The van der Waals surface area contributed by atoms with Gasteiger partial charge >= 0.3 is 0 Å². The molecular weight excluding hydrogens is 258 g/mol. The van der Waals surface area contributed by atoms with Gasteiger partial charge in [0.1, 0.15) is 11.5 Å². The molecule has 2 saturated heterocycles. The standard InChI is InChI=1S/C15H17NO4/c1-2-15-9-19-13(11-5-3-7-17-11)16(15)14(20-10-15)12-6-4-8-18-12/h3-8,13-14H,2,9-10H2,1H3. The van der Waals surface area contributed by atoms with E-state index in [4.69, 9.17) is 18.3 Å². The Morgan fingerprint density at radius 3 is 2.00 bits per heavy atom. The zero-order valence-electron chi connectivity index (χ0n) is 11.3. The van der Waals surface area contributed by atoms with E-state index in [2.05, 4.69) is 11.8 Å². The predicted octanol–water partition coefficient (Wildman–Crippen LogP) is 3.08. The van der Waals surface area contributed by atoms with Gasteiger partial charge in [0.15, 0.2) is 12.5 Å². The first-order chi connectivity index (χ1) is 9.84. The second kappa shape index (κ2) is 4.48. The molecule has 2 aromatic rings. The van der Waals surface area contributed by atoms with E-state index in [1.807, 2.05) is 24.3 Å². The van der Waals surface area contributed by atoms with Gasteiger partial charge in [-0.05, 0) is 30.7 Å². The third kappa shape index (κ3) is 1.60. The van der Waals surface area contributed by atoms with Crippen molar-refractivity contribution in [2.75, 3.05) is 13.2 Å². The number of furan rings is 2. The molecule has 20 heavy (non-hydrogen) atoms. The minimum absolute atomic E-state index is 0.102. The largest absolute Gasteiger partial charge is 0.465 e. The van der Waals surface area contributed by atoms with E-state index in [-0.39, 0.29) is 18.0 Å². The van der Waals surface area contributed by atoms with Crippen LogP contribution >= 0.6 is 0 Å². The van der Waals surface area contributed by atoms with Gasteiger partial charge in [0.25, 0.3) is 0 Å². The molecule has 2 aliphatic rings. The first-order valence-corrected chi connectivity index (χ1v) is 6.92. The Labute approximate surface area is 117 Å². The van der Waals surface area contributed by atoms with Gasteiger partial charge in [-0.3, -0.25) is 0 Å². The molecule has 2 aromatic heterocycles. The lowest BCUT2D eigenvalue weighted by molar-refractivity contribution is -0.0789. The molecule has 0 bridgehead atoms. The number of hydrogen-bond acceptors (Lipinski definition) is 5. The van der Waals surface area contributed by atoms with E-state index in [1.165, 1.54) is 0 Å². The van der Waals surface area contributed by atoms with Crippen LogP contribution in [0, 0.1) is 0 Å². The van der Waals surface area contributed by atoms with Crippen molar-refractivity contribution in [3.05, 3.63) is 48.3 Å². The van der Waals surface area contributed by atoms with Crippen LogP contribution in [0.2, 0.25) is 0 Å². The van der Waals surface area contributed by atoms with Gasteiger partial charge in [-0.25, -0.2) is 4.90 Å². The zero-order valence-corrected chi connectivity index (χ0v) is 11.3. The lowest BCUT2D eigenvalue weighted by atomic mass is 9.98. The van der Waals surface area contributed by atoms with Crippen LogP contribution in [0.4, 0.5) is 0 Å². The number of nitrogens with zero attached hydrogens (tertiary/aromatic N) is 1. The Hall–Kier alpha value is -1.56. The summed E-state index contributed by atoms with van der Waals surface area (Å²) in [5.41, 5.74) is -0.102. The normalized spacial score (nSPS) is 33.6. The smallest absolute Gasteiger partial charge is 0.172 e. The van der Waals surface area contributed by atoms with Crippen molar-refractivity contribution in [2.24, 2.45) is 0 Å². The SMILES string of the molecule is CCC12COC(c3ccco3)N1C(c1ccco1)OC2. The molecule has 0 amide bonds. The third-order valence-corrected chi connectivity index (χ3v) is 4.30. The van der Waals surface area contributed by atoms with E-state index in [9.17, 15) is 0 Å². The maximum absolute atomic E-state index is 6.00. The number of ether oxygens (including phenoxy) is 2. The van der Waals surface area contributed by atoms with Crippen LogP contribution in [0.1, 0.15) is 37.3 Å². The van der Waals surface area contributed by atoms with Crippen molar-refractivity contribution in [3.8, 4) is 0 Å². The lowest BCUT2D eigenvalue weighted by Crippen LogP contribution is -2.43. The summed E-state index contributed by atoms with van der Waals surface area (Å²) in [5, 5.41) is 0. The fourth-order valence-electron chi connectivity index (χ4n) is 3.13. The van der Waals surface area contributed by atoms with E-state index < -0.39 is 0 Å². The summed E-state index contributed by atoms with van der Waals surface area (Å²) in [6.07, 6.45) is 3.86. The lowest BCUT2D eigenvalue weighted by Gasteiger charge is -2.31. The van der Waals surface area contributed by atoms with Crippen LogP contribution < -0.4 is 0 Å². The molecule has 0 aliphatic carbocycles. The predicted molar refractivity (Wildman–Crippen MR) is 69.7 cm³/mol. The van der Waals surface area contributed by atoms with Crippen molar-refractivity contribution in [2.45, 2.75) is 31.3 Å². The highest BCUT2D eigenvalue weighted by Crippen LogP contribution is 2.50. The van der Waals surface area contributed by atoms with Crippen molar-refractivity contribution in [1.82, 2.24) is 4.90 Å². The maximum Gasteiger partial charge on any atom is 0.172 e. The van der Waals surface area contributed by atoms with Crippen molar-refractivity contribution < 1.29 is 18.3 Å². The average molecular weight is 275 g/mol. The summed E-state index contributed by atoms with van der Waals surface area (Å²) < 4.78 is 23.1. The molecule has 2 aliphatic heterocycles. The number of fused-ring (bicyclic) bond motifs is 1. The van der Waals surface area contributed by atoms with E-state index in [0.717, 1.165) is 17.9 Å². The quantitative estimate of drug-likeness (QED) is 0.861. The average Bonchev–Trinajstić information content (AvgIpc) is 3.22. The Balaban J connectivity index is 1.74. The van der Waals surface area contributed by atoms with Crippen LogP contribution in [-0.2, 0) is 9.47 Å². The first-order valence-electron chi connectivity index (χ1n) is 6.92. The topological polar surface area (TPSA) is 48.0 Å². The zero-order chi connectivity index (χ0) is 13.6. The van der Waals surface area contributed by atoms with Crippen molar-refractivity contribution >= 4 is 0 Å². The summed E-state index contributed by atoms with van der Waals surface area (Å²) in [6.45, 7) is 3.45. The molecule has 0 aromatic carbocycles. The fraction of sp³-hybridized carbons (Fsp3) is 0.467. The second-order valence-corrected chi connectivity index (χ2v) is 5.34. The monoisotopic (exact) mass is 275 g/mol. The van der Waals surface area contributed by atoms with Gasteiger partial charge in [0, 0.05) is 0 Å². The summed E-state index contributed by atoms with van der Waals surface area (Å²) in [5.74, 6) is 1.62. The molecule has 5 nitrogen and oxygen atoms in total. The highest BCUT2D eigenvalue weighted by Gasteiger charge is 2.57. The summed E-state index contributed by atoms with van der Waals surface area (Å²) >= 11 is 0. The Bertz CT molecular complexity index is 516. The van der Waals surface area contributed by atoms with Crippen LogP contribution in [-0.4, -0.2) is 23.7 Å². The molecule has 4 heterocycles. The molecule has 0 radical (unpaired) electrons. The highest BCUT2D eigenvalue weighted by molar-refractivity contribution is 5.14. The molecule has 2 atom stereocenters. The summed E-state index contributed by atoms with van der Waals surface area (Å²) in [6, 6.07) is 7.63. The van der Waals surface area contributed by atoms with Crippen molar-refractivity contribution in [1.29, 1.82) is 0 Å². The van der Waals surface area contributed by atoms with Gasteiger partial charge in [-0.2, -0.15) is 0 Å². The summed E-state index contributed by atoms with van der Waals surface area (Å²) in [4.78, 5) is 2.24. The minimum Gasteiger partial charge on any atom is -0.465 e. The highest BCUT2D eigenvalue weighted by atomic mass is 16.6. The Kier molecular flexibility index (Phi) is 2.73. The molecule has 4 rings (SSSR count). The van der Waals surface area contributed by atoms with Crippen LogP contribution in [0.25, 0.3) is 0 Å². The van der Waals surface area contributed by atoms with E-state index in [0.29, 0.717) is 13.2 Å². The number of rotatable bonds is 3. The second-order valence-electron chi connectivity index (χ2n) is 5.34. The fourth-order valence-corrected chi connectivity index (χ4v) is 3.13. The van der Waals surface area contributed by atoms with Crippen LogP contribution in [0.5, 0.6) is 0 Å². The van der Waals surface area contributed by atoms with Gasteiger partial charge in [0.05, 0.1) is 31.3 Å². The molecule has 106 valence electrons. The van der Waals surface area contributed by atoms with E-state index in [1.54, 1.807) is 12.5 Å². The molecular formula is C15H17NO4. The van der Waals surface area contributed by atoms with Crippen LogP contribution in [0.3, 0.4) is 0 Å².